The van der Waals surface area contributed by atoms with Crippen LogP contribution < -0.4 is 0 Å². The van der Waals surface area contributed by atoms with Crippen LogP contribution in [0.3, 0.4) is 0 Å². The van der Waals surface area contributed by atoms with Crippen LogP contribution in [-0.2, 0) is 22.8 Å². The van der Waals surface area contributed by atoms with Crippen molar-refractivity contribution in [3.63, 3.8) is 0 Å². The van der Waals surface area contributed by atoms with Gasteiger partial charge >= 0.3 is 0 Å². The number of imidazole rings is 1. The van der Waals surface area contributed by atoms with Gasteiger partial charge in [-0.05, 0) is 30.7 Å². The maximum atomic E-state index is 12.9. The predicted octanol–water partition coefficient (Wildman–Crippen LogP) is 3.76. The number of hydrogen-bond donors (Lipinski definition) is 0. The third-order valence-electron chi connectivity index (χ3n) is 5.27. The third-order valence-corrected chi connectivity index (χ3v) is 8.37. The third kappa shape index (κ3) is 4.30. The van der Waals surface area contributed by atoms with E-state index in [9.17, 15) is 8.42 Å². The average molecular weight is 471 g/mol. The molecule has 32 heavy (non-hydrogen) atoms. The molecule has 4 aromatic rings. The highest BCUT2D eigenvalue weighted by atomic mass is 32.2. The maximum Gasteiger partial charge on any atom is 0.243 e. The minimum absolute atomic E-state index is 0.260. The summed E-state index contributed by atoms with van der Waals surface area (Å²) in [7, 11) is -1.65. The van der Waals surface area contributed by atoms with Gasteiger partial charge in [0.1, 0.15) is 5.65 Å². The Morgan fingerprint density at radius 2 is 1.84 bits per heavy atom. The Bertz CT molecular complexity index is 1360. The molecule has 0 spiro atoms. The Labute approximate surface area is 192 Å². The Hall–Kier alpha value is -2.69. The number of fused-ring (bicyclic) bond motifs is 1. The van der Waals surface area contributed by atoms with Crippen LogP contribution in [0.1, 0.15) is 25.1 Å². The van der Waals surface area contributed by atoms with Gasteiger partial charge in [0.25, 0.3) is 0 Å². The SMILES string of the molecule is CCN(CC)S(=O)(=O)c1cccc(-c2nnc(SCc3cn4cc(C)ccc4n3)n2C)c1. The smallest absolute Gasteiger partial charge is 0.243 e. The van der Waals surface area contributed by atoms with Gasteiger partial charge in [0.2, 0.25) is 10.0 Å². The van der Waals surface area contributed by atoms with E-state index in [2.05, 4.69) is 28.3 Å². The molecule has 10 heteroatoms. The maximum absolute atomic E-state index is 12.9. The Kier molecular flexibility index (Phi) is 6.36. The number of pyridine rings is 1. The summed E-state index contributed by atoms with van der Waals surface area (Å²) < 4.78 is 31.1. The van der Waals surface area contributed by atoms with Gasteiger partial charge in [-0.3, -0.25) is 0 Å². The van der Waals surface area contributed by atoms with Crippen LogP contribution in [0.5, 0.6) is 0 Å². The molecule has 0 saturated carbocycles. The van der Waals surface area contributed by atoms with E-state index >= 15 is 0 Å². The second kappa shape index (κ2) is 9.05. The number of aryl methyl sites for hydroxylation is 1. The number of hydrogen-bond acceptors (Lipinski definition) is 6. The molecule has 0 amide bonds. The van der Waals surface area contributed by atoms with Gasteiger partial charge in [-0.15, -0.1) is 10.2 Å². The van der Waals surface area contributed by atoms with Gasteiger partial charge in [0.05, 0.1) is 10.6 Å². The van der Waals surface area contributed by atoms with Crippen molar-refractivity contribution < 1.29 is 8.42 Å². The lowest BCUT2D eigenvalue weighted by Gasteiger charge is -2.18. The van der Waals surface area contributed by atoms with E-state index < -0.39 is 10.0 Å². The van der Waals surface area contributed by atoms with Gasteiger partial charge in [0.15, 0.2) is 11.0 Å². The number of benzene rings is 1. The second-order valence-corrected chi connectivity index (χ2v) is 10.4. The van der Waals surface area contributed by atoms with E-state index in [1.165, 1.54) is 9.87 Å². The first-order valence-electron chi connectivity index (χ1n) is 10.4. The summed E-state index contributed by atoms with van der Waals surface area (Å²) in [5.74, 6) is 1.28. The predicted molar refractivity (Wildman–Crippen MR) is 126 cm³/mol. The average Bonchev–Trinajstić information content (AvgIpc) is 3.35. The highest BCUT2D eigenvalue weighted by Crippen LogP contribution is 2.27. The largest absolute Gasteiger partial charge is 0.307 e. The van der Waals surface area contributed by atoms with Crippen molar-refractivity contribution in [1.29, 1.82) is 0 Å². The number of nitrogens with zero attached hydrogens (tertiary/aromatic N) is 6. The molecule has 3 heterocycles. The number of rotatable bonds is 8. The van der Waals surface area contributed by atoms with Crippen LogP contribution in [0.25, 0.3) is 17.0 Å². The van der Waals surface area contributed by atoms with Crippen LogP contribution in [-0.4, -0.2) is 50.0 Å². The molecule has 4 rings (SSSR count). The Balaban J connectivity index is 1.56. The zero-order valence-corrected chi connectivity index (χ0v) is 20.2. The molecule has 8 nitrogen and oxygen atoms in total. The lowest BCUT2D eigenvalue weighted by Crippen LogP contribution is -2.30. The lowest BCUT2D eigenvalue weighted by molar-refractivity contribution is 0.445. The first-order chi connectivity index (χ1) is 15.3. The highest BCUT2D eigenvalue weighted by Gasteiger charge is 2.22. The molecule has 168 valence electrons. The summed E-state index contributed by atoms with van der Waals surface area (Å²) in [5.41, 5.74) is 3.76. The zero-order valence-electron chi connectivity index (χ0n) is 18.6. The molecule has 0 unspecified atom stereocenters. The van der Waals surface area contributed by atoms with Gasteiger partial charge < -0.3 is 8.97 Å². The Morgan fingerprint density at radius 3 is 2.59 bits per heavy atom. The van der Waals surface area contributed by atoms with Crippen molar-refractivity contribution in [2.24, 2.45) is 7.05 Å². The summed E-state index contributed by atoms with van der Waals surface area (Å²) >= 11 is 1.54. The number of sulfonamides is 1. The molecule has 0 radical (unpaired) electrons. The van der Waals surface area contributed by atoms with E-state index in [0.717, 1.165) is 16.5 Å². The summed E-state index contributed by atoms with van der Waals surface area (Å²) in [5, 5.41) is 9.38. The summed E-state index contributed by atoms with van der Waals surface area (Å²) in [6.07, 6.45) is 4.07. The first-order valence-corrected chi connectivity index (χ1v) is 12.8. The first kappa shape index (κ1) is 22.5. The van der Waals surface area contributed by atoms with Crippen molar-refractivity contribution in [2.45, 2.75) is 36.6 Å². The van der Waals surface area contributed by atoms with E-state index in [1.807, 2.05) is 54.3 Å². The normalized spacial score (nSPS) is 12.2. The highest BCUT2D eigenvalue weighted by molar-refractivity contribution is 7.98. The Morgan fingerprint density at radius 1 is 1.06 bits per heavy atom. The van der Waals surface area contributed by atoms with Crippen LogP contribution in [0.4, 0.5) is 0 Å². The summed E-state index contributed by atoms with van der Waals surface area (Å²) in [4.78, 5) is 4.91. The molecular formula is C22H26N6O2S2. The molecule has 0 fully saturated rings. The van der Waals surface area contributed by atoms with Crippen molar-refractivity contribution in [3.05, 3.63) is 60.0 Å². The minimum Gasteiger partial charge on any atom is -0.307 e. The summed E-state index contributed by atoms with van der Waals surface area (Å²) in [6.45, 7) is 6.58. The molecule has 0 N–H and O–H groups in total. The molecule has 1 aromatic carbocycles. The fourth-order valence-corrected chi connectivity index (χ4v) is 5.86. The van der Waals surface area contributed by atoms with Crippen molar-refractivity contribution in [2.75, 3.05) is 13.1 Å². The van der Waals surface area contributed by atoms with Gasteiger partial charge in [-0.25, -0.2) is 13.4 Å². The molecule has 3 aromatic heterocycles. The number of aromatic nitrogens is 5. The topological polar surface area (TPSA) is 85.4 Å². The molecule has 0 atom stereocenters. The number of thioether (sulfide) groups is 1. The van der Waals surface area contributed by atoms with Crippen molar-refractivity contribution >= 4 is 27.4 Å². The molecule has 0 aliphatic heterocycles. The minimum atomic E-state index is -3.54. The fraction of sp³-hybridized carbons (Fsp3) is 0.318. The van der Waals surface area contributed by atoms with Gasteiger partial charge in [0, 0.05) is 43.8 Å². The van der Waals surface area contributed by atoms with Crippen LogP contribution in [0.15, 0.2) is 58.8 Å². The molecular weight excluding hydrogens is 444 g/mol. The molecule has 0 aliphatic carbocycles. The monoisotopic (exact) mass is 470 g/mol. The van der Waals surface area contributed by atoms with Crippen LogP contribution in [0.2, 0.25) is 0 Å². The standard InChI is InChI=1S/C22H26N6O2S2/c1-5-28(6-2)32(29,30)19-9-7-8-17(12-19)21-24-25-22(26(21)4)31-15-18-14-27-13-16(3)10-11-20(27)23-18/h7-14H,5-6,15H2,1-4H3. The van der Waals surface area contributed by atoms with Crippen molar-refractivity contribution in [1.82, 2.24) is 28.5 Å². The van der Waals surface area contributed by atoms with E-state index in [-0.39, 0.29) is 4.90 Å². The molecule has 0 saturated heterocycles. The van der Waals surface area contributed by atoms with E-state index in [0.29, 0.717) is 30.2 Å². The fourth-order valence-electron chi connectivity index (χ4n) is 3.56. The van der Waals surface area contributed by atoms with Gasteiger partial charge in [-0.1, -0.05) is 43.8 Å². The lowest BCUT2D eigenvalue weighted by atomic mass is 10.2. The molecule has 0 aliphatic rings. The quantitative estimate of drug-likeness (QED) is 0.365. The van der Waals surface area contributed by atoms with Crippen LogP contribution in [0, 0.1) is 6.92 Å². The summed E-state index contributed by atoms with van der Waals surface area (Å²) in [6, 6.07) is 10.9. The molecule has 0 bridgehead atoms. The van der Waals surface area contributed by atoms with Gasteiger partial charge in [-0.2, -0.15) is 4.31 Å². The van der Waals surface area contributed by atoms with E-state index in [1.54, 1.807) is 30.0 Å². The van der Waals surface area contributed by atoms with E-state index in [4.69, 9.17) is 0 Å². The van der Waals surface area contributed by atoms with Crippen LogP contribution >= 0.6 is 11.8 Å². The zero-order chi connectivity index (χ0) is 22.9. The second-order valence-electron chi connectivity index (χ2n) is 7.48. The van der Waals surface area contributed by atoms with Crippen molar-refractivity contribution in [3.8, 4) is 11.4 Å².